The normalized spacial score (nSPS) is 10.2. The topological polar surface area (TPSA) is 62.5 Å². The number of hydrogen-bond acceptors (Lipinski definition) is 3. The van der Waals surface area contributed by atoms with Crippen molar-refractivity contribution in [2.24, 2.45) is 0 Å². The minimum atomic E-state index is -0.434. The van der Waals surface area contributed by atoms with Crippen LogP contribution in [0.25, 0.3) is 0 Å². The first-order chi connectivity index (χ1) is 8.08. The van der Waals surface area contributed by atoms with E-state index in [1.54, 1.807) is 0 Å². The van der Waals surface area contributed by atoms with Crippen LogP contribution in [-0.4, -0.2) is 11.0 Å². The third-order valence-electron chi connectivity index (χ3n) is 2.06. The molecule has 0 saturated carbocycles. The smallest absolute Gasteiger partial charge is 0.260 e. The number of phenols is 1. The van der Waals surface area contributed by atoms with Crippen molar-refractivity contribution in [3.63, 3.8) is 0 Å². The minimum absolute atomic E-state index is 0.0115. The summed E-state index contributed by atoms with van der Waals surface area (Å²) in [6.45, 7) is 0. The van der Waals surface area contributed by atoms with Gasteiger partial charge in [0.15, 0.2) is 0 Å². The van der Waals surface area contributed by atoms with E-state index >= 15 is 0 Å². The van der Waals surface area contributed by atoms with Gasteiger partial charge in [-0.1, -0.05) is 11.6 Å². The van der Waals surface area contributed by atoms with Crippen LogP contribution < -0.4 is 5.32 Å². The second kappa shape index (κ2) is 4.69. The molecule has 0 spiro atoms. The van der Waals surface area contributed by atoms with Crippen LogP contribution in [0.5, 0.6) is 5.75 Å². The molecule has 2 aromatic rings. The van der Waals surface area contributed by atoms with Gasteiger partial charge < -0.3 is 14.8 Å². The fourth-order valence-corrected chi connectivity index (χ4v) is 1.67. The summed E-state index contributed by atoms with van der Waals surface area (Å²) < 4.78 is 4.80. The Hall–Kier alpha value is -1.65. The molecule has 0 aliphatic heterocycles. The summed E-state index contributed by atoms with van der Waals surface area (Å²) in [4.78, 5) is 11.8. The summed E-state index contributed by atoms with van der Waals surface area (Å²) in [6, 6.07) is 5.68. The highest BCUT2D eigenvalue weighted by Crippen LogP contribution is 2.27. The molecule has 0 bridgehead atoms. The van der Waals surface area contributed by atoms with Crippen LogP contribution in [0.4, 0.5) is 5.69 Å². The molecule has 6 heteroatoms. The van der Waals surface area contributed by atoms with Crippen molar-refractivity contribution in [1.29, 1.82) is 0 Å². The van der Waals surface area contributed by atoms with Crippen molar-refractivity contribution in [3.8, 4) is 5.75 Å². The Bertz CT molecular complexity index is 566. The lowest BCUT2D eigenvalue weighted by molar-refractivity contribution is 0.102. The van der Waals surface area contributed by atoms with Gasteiger partial charge in [0.05, 0.1) is 22.5 Å². The van der Waals surface area contributed by atoms with Crippen LogP contribution in [0.15, 0.2) is 34.9 Å². The second-order valence-electron chi connectivity index (χ2n) is 3.23. The number of rotatable bonds is 2. The van der Waals surface area contributed by atoms with Gasteiger partial charge in [-0.25, -0.2) is 0 Å². The van der Waals surface area contributed by atoms with E-state index in [4.69, 9.17) is 32.7 Å². The maximum absolute atomic E-state index is 11.8. The Labute approximate surface area is 107 Å². The fourth-order valence-electron chi connectivity index (χ4n) is 1.25. The first kappa shape index (κ1) is 11.8. The van der Waals surface area contributed by atoms with Crippen LogP contribution in [-0.2, 0) is 0 Å². The van der Waals surface area contributed by atoms with E-state index in [9.17, 15) is 4.79 Å². The van der Waals surface area contributed by atoms with E-state index in [0.29, 0.717) is 5.69 Å². The van der Waals surface area contributed by atoms with Crippen LogP contribution in [0.1, 0.15) is 10.4 Å². The Morgan fingerprint density at radius 1 is 1.29 bits per heavy atom. The van der Waals surface area contributed by atoms with Crippen LogP contribution in [0.2, 0.25) is 10.2 Å². The number of carbonyl (C=O) groups is 1. The zero-order valence-corrected chi connectivity index (χ0v) is 9.92. The van der Waals surface area contributed by atoms with Gasteiger partial charge in [0, 0.05) is 6.07 Å². The number of amides is 1. The Morgan fingerprint density at radius 2 is 2.06 bits per heavy atom. The van der Waals surface area contributed by atoms with Gasteiger partial charge in [0.2, 0.25) is 5.22 Å². The van der Waals surface area contributed by atoms with Gasteiger partial charge >= 0.3 is 0 Å². The third-order valence-corrected chi connectivity index (χ3v) is 2.67. The molecule has 17 heavy (non-hydrogen) atoms. The average Bonchev–Trinajstić information content (AvgIpc) is 2.68. The molecule has 0 aliphatic rings. The predicted molar refractivity (Wildman–Crippen MR) is 64.8 cm³/mol. The molecule has 1 heterocycles. The summed E-state index contributed by atoms with van der Waals surface area (Å²) in [6.07, 6.45) is 1.32. The number of aromatic hydroxyl groups is 1. The SMILES string of the molecule is O=C(Nc1ccc(O)cc1Cl)c1ccoc1Cl. The van der Waals surface area contributed by atoms with Crippen LogP contribution >= 0.6 is 23.2 Å². The summed E-state index contributed by atoms with van der Waals surface area (Å²) >= 11 is 11.5. The molecule has 1 amide bonds. The molecule has 0 atom stereocenters. The molecule has 88 valence electrons. The largest absolute Gasteiger partial charge is 0.508 e. The maximum Gasteiger partial charge on any atom is 0.260 e. The highest BCUT2D eigenvalue weighted by atomic mass is 35.5. The second-order valence-corrected chi connectivity index (χ2v) is 3.98. The van der Waals surface area contributed by atoms with Gasteiger partial charge in [0.25, 0.3) is 5.91 Å². The van der Waals surface area contributed by atoms with E-state index in [0.717, 1.165) is 0 Å². The molecule has 0 aliphatic carbocycles. The zero-order chi connectivity index (χ0) is 12.4. The number of nitrogens with one attached hydrogen (secondary N) is 1. The maximum atomic E-state index is 11.8. The Morgan fingerprint density at radius 3 is 2.65 bits per heavy atom. The van der Waals surface area contributed by atoms with Crippen molar-refractivity contribution in [1.82, 2.24) is 0 Å². The van der Waals surface area contributed by atoms with E-state index in [-0.39, 0.29) is 21.6 Å². The van der Waals surface area contributed by atoms with Crippen molar-refractivity contribution >= 4 is 34.8 Å². The molecular weight excluding hydrogens is 265 g/mol. The summed E-state index contributed by atoms with van der Waals surface area (Å²) in [5, 5.41) is 12.0. The summed E-state index contributed by atoms with van der Waals surface area (Å²) in [7, 11) is 0. The van der Waals surface area contributed by atoms with Gasteiger partial charge in [-0.2, -0.15) is 0 Å². The minimum Gasteiger partial charge on any atom is -0.508 e. The molecule has 0 unspecified atom stereocenters. The van der Waals surface area contributed by atoms with E-state index in [2.05, 4.69) is 5.32 Å². The Kier molecular flexibility index (Phi) is 3.26. The lowest BCUT2D eigenvalue weighted by Gasteiger charge is -2.06. The molecule has 1 aromatic carbocycles. The summed E-state index contributed by atoms with van der Waals surface area (Å²) in [5.41, 5.74) is 0.600. The lowest BCUT2D eigenvalue weighted by Crippen LogP contribution is -2.11. The molecular formula is C11H7Cl2NO3. The number of benzene rings is 1. The van der Waals surface area contributed by atoms with Gasteiger partial charge in [-0.05, 0) is 29.8 Å². The van der Waals surface area contributed by atoms with E-state index in [1.807, 2.05) is 0 Å². The quantitative estimate of drug-likeness (QED) is 0.822. The van der Waals surface area contributed by atoms with Gasteiger partial charge in [-0.3, -0.25) is 4.79 Å². The monoisotopic (exact) mass is 271 g/mol. The van der Waals surface area contributed by atoms with Crippen molar-refractivity contribution in [2.45, 2.75) is 0 Å². The zero-order valence-electron chi connectivity index (χ0n) is 8.41. The fraction of sp³-hybridized carbons (Fsp3) is 0. The standard InChI is InChI=1S/C11H7Cl2NO3/c12-8-5-6(15)1-2-9(8)14-11(16)7-3-4-17-10(7)13/h1-5,15H,(H,14,16). The number of carbonyl (C=O) groups excluding carboxylic acids is 1. The van der Waals surface area contributed by atoms with Crippen LogP contribution in [0, 0.1) is 0 Å². The highest BCUT2D eigenvalue weighted by Gasteiger charge is 2.14. The first-order valence-corrected chi connectivity index (χ1v) is 5.36. The van der Waals surface area contributed by atoms with Gasteiger partial charge in [0.1, 0.15) is 5.75 Å². The highest BCUT2D eigenvalue weighted by molar-refractivity contribution is 6.35. The number of anilines is 1. The third kappa shape index (κ3) is 2.54. The van der Waals surface area contributed by atoms with Crippen LogP contribution in [0.3, 0.4) is 0 Å². The van der Waals surface area contributed by atoms with E-state index < -0.39 is 5.91 Å². The number of phenolic OH excluding ortho intramolecular Hbond substituents is 1. The number of halogens is 2. The Balaban J connectivity index is 2.22. The summed E-state index contributed by atoms with van der Waals surface area (Å²) in [5.74, 6) is -0.411. The van der Waals surface area contributed by atoms with Crippen molar-refractivity contribution in [2.75, 3.05) is 5.32 Å². The molecule has 0 radical (unpaired) electrons. The molecule has 0 fully saturated rings. The average molecular weight is 272 g/mol. The molecule has 2 N–H and O–H groups in total. The predicted octanol–water partition coefficient (Wildman–Crippen LogP) is 3.54. The number of hydrogen-bond donors (Lipinski definition) is 2. The number of furan rings is 1. The van der Waals surface area contributed by atoms with Crippen molar-refractivity contribution in [3.05, 3.63) is 46.3 Å². The molecule has 0 saturated heterocycles. The molecule has 2 rings (SSSR count). The van der Waals surface area contributed by atoms with E-state index in [1.165, 1.54) is 30.5 Å². The van der Waals surface area contributed by atoms with Crippen molar-refractivity contribution < 1.29 is 14.3 Å². The van der Waals surface area contributed by atoms with Gasteiger partial charge in [-0.15, -0.1) is 0 Å². The molecule has 4 nitrogen and oxygen atoms in total. The lowest BCUT2D eigenvalue weighted by atomic mass is 10.2. The first-order valence-electron chi connectivity index (χ1n) is 4.61. The molecule has 1 aromatic heterocycles.